The minimum absolute atomic E-state index is 0.0878. The Bertz CT molecular complexity index is 786. The van der Waals surface area contributed by atoms with Gasteiger partial charge in [0.15, 0.2) is 0 Å². The maximum Gasteiger partial charge on any atom is 0.404 e. The minimum atomic E-state index is -1.13. The van der Waals surface area contributed by atoms with E-state index in [0.29, 0.717) is 23.0 Å². The third kappa shape index (κ3) is 5.03. The van der Waals surface area contributed by atoms with Crippen LogP contribution in [-0.4, -0.2) is 33.7 Å². The number of hydrogen-bond donors (Lipinski definition) is 3. The van der Waals surface area contributed by atoms with Crippen molar-refractivity contribution in [1.29, 1.82) is 0 Å². The second kappa shape index (κ2) is 7.33. The van der Waals surface area contributed by atoms with Gasteiger partial charge in [-0.1, -0.05) is 39.0 Å². The first-order chi connectivity index (χ1) is 11.7. The molecule has 2 rings (SSSR count). The highest BCUT2D eigenvalue weighted by atomic mass is 16.6. The van der Waals surface area contributed by atoms with Crippen LogP contribution in [0.25, 0.3) is 10.9 Å². The fourth-order valence-corrected chi connectivity index (χ4v) is 2.75. The lowest BCUT2D eigenvalue weighted by molar-refractivity contribution is -0.384. The molecule has 0 saturated heterocycles. The molecule has 134 valence electrons. The van der Waals surface area contributed by atoms with E-state index in [1.54, 1.807) is 18.2 Å². The summed E-state index contributed by atoms with van der Waals surface area (Å²) in [4.78, 5) is 25.9. The molecule has 0 fully saturated rings. The number of carbonyl (C=O) groups is 1. The molecule has 0 aliphatic carbocycles. The van der Waals surface area contributed by atoms with Gasteiger partial charge in [0.2, 0.25) is 0 Å². The highest BCUT2D eigenvalue weighted by molar-refractivity contribution is 5.95. The van der Waals surface area contributed by atoms with E-state index in [-0.39, 0.29) is 23.7 Å². The Hall–Kier alpha value is -2.90. The lowest BCUT2D eigenvalue weighted by Crippen LogP contribution is -2.38. The van der Waals surface area contributed by atoms with Gasteiger partial charge < -0.3 is 15.7 Å². The molecule has 1 aromatic carbocycles. The Morgan fingerprint density at radius 3 is 2.64 bits per heavy atom. The summed E-state index contributed by atoms with van der Waals surface area (Å²) >= 11 is 0. The predicted molar refractivity (Wildman–Crippen MR) is 95.9 cm³/mol. The molecule has 1 atom stereocenters. The molecule has 0 radical (unpaired) electrons. The normalized spacial score (nSPS) is 12.6. The summed E-state index contributed by atoms with van der Waals surface area (Å²) in [6.07, 6.45) is 0.722. The quantitative estimate of drug-likeness (QED) is 0.543. The maximum absolute atomic E-state index is 11.4. The number of rotatable bonds is 6. The van der Waals surface area contributed by atoms with Crippen molar-refractivity contribution >= 4 is 28.4 Å². The van der Waals surface area contributed by atoms with Gasteiger partial charge in [0.05, 0.1) is 10.4 Å². The summed E-state index contributed by atoms with van der Waals surface area (Å²) < 4.78 is 0. The van der Waals surface area contributed by atoms with Gasteiger partial charge in [-0.25, -0.2) is 9.78 Å². The number of carboxylic acid groups (broad SMARTS) is 1. The summed E-state index contributed by atoms with van der Waals surface area (Å²) in [6.45, 7) is 6.23. The van der Waals surface area contributed by atoms with Crippen LogP contribution in [0.4, 0.5) is 16.2 Å². The third-order valence-electron chi connectivity index (χ3n) is 3.66. The van der Waals surface area contributed by atoms with Gasteiger partial charge >= 0.3 is 11.8 Å². The van der Waals surface area contributed by atoms with E-state index in [0.717, 1.165) is 0 Å². The Morgan fingerprint density at radius 1 is 1.36 bits per heavy atom. The SMILES string of the molecule is CC(C)(C)C[C@H](CNC(=O)O)Nc1c([N+](=O)[O-])cnc2ccccc12. The van der Waals surface area contributed by atoms with Crippen molar-refractivity contribution in [3.63, 3.8) is 0 Å². The number of nitro groups is 1. The molecule has 0 saturated carbocycles. The number of para-hydroxylation sites is 1. The van der Waals surface area contributed by atoms with Crippen molar-refractivity contribution in [3.05, 3.63) is 40.6 Å². The molecule has 0 aliphatic heterocycles. The molecule has 2 aromatic rings. The number of fused-ring (bicyclic) bond motifs is 1. The minimum Gasteiger partial charge on any atom is -0.465 e. The fourth-order valence-electron chi connectivity index (χ4n) is 2.75. The Balaban J connectivity index is 2.43. The predicted octanol–water partition coefficient (Wildman–Crippen LogP) is 3.63. The van der Waals surface area contributed by atoms with Crippen LogP contribution in [0.2, 0.25) is 0 Å². The van der Waals surface area contributed by atoms with Gasteiger partial charge in [-0.2, -0.15) is 0 Å². The van der Waals surface area contributed by atoms with Crippen molar-refractivity contribution in [2.75, 3.05) is 11.9 Å². The molecule has 3 N–H and O–H groups in total. The average Bonchev–Trinajstić information content (AvgIpc) is 2.51. The van der Waals surface area contributed by atoms with Crippen LogP contribution < -0.4 is 10.6 Å². The summed E-state index contributed by atoms with van der Waals surface area (Å²) in [5.74, 6) is 0. The molecule has 1 aromatic heterocycles. The number of nitrogens with zero attached hydrogens (tertiary/aromatic N) is 2. The van der Waals surface area contributed by atoms with Crippen LogP contribution in [0, 0.1) is 15.5 Å². The van der Waals surface area contributed by atoms with Crippen LogP contribution in [0.5, 0.6) is 0 Å². The first kappa shape index (κ1) is 18.4. The zero-order chi connectivity index (χ0) is 18.6. The summed E-state index contributed by atoms with van der Waals surface area (Å²) in [5.41, 5.74) is 0.774. The standard InChI is InChI=1S/C17H22N4O4/c1-17(2,3)8-11(9-19-16(22)23)20-15-12-6-4-5-7-13(12)18-10-14(15)21(24)25/h4-7,10-11,19H,8-9H2,1-3H3,(H,18,20)(H,22,23)/t11-/m1/s1. The molecule has 0 bridgehead atoms. The van der Waals surface area contributed by atoms with Crippen molar-refractivity contribution < 1.29 is 14.8 Å². The zero-order valence-corrected chi connectivity index (χ0v) is 14.4. The number of anilines is 1. The largest absolute Gasteiger partial charge is 0.465 e. The number of nitrogens with one attached hydrogen (secondary N) is 2. The molecule has 0 unspecified atom stereocenters. The van der Waals surface area contributed by atoms with Crippen molar-refractivity contribution in [2.45, 2.75) is 33.2 Å². The number of amides is 1. The van der Waals surface area contributed by atoms with Gasteiger partial charge in [-0.05, 0) is 17.9 Å². The lowest BCUT2D eigenvalue weighted by atomic mass is 9.88. The van der Waals surface area contributed by atoms with Crippen LogP contribution >= 0.6 is 0 Å². The van der Waals surface area contributed by atoms with Crippen LogP contribution in [0.3, 0.4) is 0 Å². The van der Waals surface area contributed by atoms with E-state index in [9.17, 15) is 14.9 Å². The molecular weight excluding hydrogens is 324 g/mol. The molecule has 0 spiro atoms. The first-order valence-corrected chi connectivity index (χ1v) is 7.93. The van der Waals surface area contributed by atoms with Gasteiger partial charge in [-0.3, -0.25) is 10.1 Å². The van der Waals surface area contributed by atoms with Crippen molar-refractivity contribution in [3.8, 4) is 0 Å². The Labute approximate surface area is 145 Å². The van der Waals surface area contributed by atoms with Crippen LogP contribution in [-0.2, 0) is 0 Å². The summed E-state index contributed by atoms with van der Waals surface area (Å²) in [6, 6.07) is 6.83. The Morgan fingerprint density at radius 2 is 2.04 bits per heavy atom. The van der Waals surface area contributed by atoms with Gasteiger partial charge in [0.1, 0.15) is 11.9 Å². The van der Waals surface area contributed by atoms with E-state index in [1.165, 1.54) is 6.20 Å². The molecule has 1 heterocycles. The smallest absolute Gasteiger partial charge is 0.404 e. The second-order valence-corrected chi connectivity index (χ2v) is 7.08. The maximum atomic E-state index is 11.4. The monoisotopic (exact) mass is 346 g/mol. The molecule has 0 aliphatic rings. The zero-order valence-electron chi connectivity index (χ0n) is 14.4. The molecule has 8 nitrogen and oxygen atoms in total. The number of aromatic nitrogens is 1. The second-order valence-electron chi connectivity index (χ2n) is 7.08. The van der Waals surface area contributed by atoms with Crippen LogP contribution in [0.1, 0.15) is 27.2 Å². The van der Waals surface area contributed by atoms with Gasteiger partial charge in [0, 0.05) is 18.0 Å². The van der Waals surface area contributed by atoms with Gasteiger partial charge in [-0.15, -0.1) is 0 Å². The molecular formula is C17H22N4O4. The summed E-state index contributed by atoms with van der Waals surface area (Å²) in [5, 5.41) is 26.5. The van der Waals surface area contributed by atoms with E-state index in [4.69, 9.17) is 5.11 Å². The molecule has 1 amide bonds. The number of benzene rings is 1. The van der Waals surface area contributed by atoms with Gasteiger partial charge in [0.25, 0.3) is 0 Å². The Kier molecular flexibility index (Phi) is 5.41. The number of hydrogen-bond acceptors (Lipinski definition) is 5. The fraction of sp³-hybridized carbons (Fsp3) is 0.412. The van der Waals surface area contributed by atoms with E-state index in [1.807, 2.05) is 26.8 Å². The van der Waals surface area contributed by atoms with Crippen molar-refractivity contribution in [1.82, 2.24) is 10.3 Å². The lowest BCUT2D eigenvalue weighted by Gasteiger charge is -2.27. The average molecular weight is 346 g/mol. The molecule has 8 heteroatoms. The third-order valence-corrected chi connectivity index (χ3v) is 3.66. The van der Waals surface area contributed by atoms with Crippen LogP contribution in [0.15, 0.2) is 30.5 Å². The molecule has 25 heavy (non-hydrogen) atoms. The first-order valence-electron chi connectivity index (χ1n) is 7.93. The van der Waals surface area contributed by atoms with E-state index < -0.39 is 11.0 Å². The number of pyridine rings is 1. The topological polar surface area (TPSA) is 117 Å². The van der Waals surface area contributed by atoms with E-state index in [2.05, 4.69) is 15.6 Å². The highest BCUT2D eigenvalue weighted by Gasteiger charge is 2.24. The van der Waals surface area contributed by atoms with E-state index >= 15 is 0 Å². The van der Waals surface area contributed by atoms with Crippen molar-refractivity contribution in [2.24, 2.45) is 5.41 Å². The highest BCUT2D eigenvalue weighted by Crippen LogP contribution is 2.33. The summed E-state index contributed by atoms with van der Waals surface area (Å²) in [7, 11) is 0.